The van der Waals surface area contributed by atoms with Crippen LogP contribution in [0, 0.1) is 11.8 Å². The van der Waals surface area contributed by atoms with Gasteiger partial charge in [-0.05, 0) is 73.5 Å². The van der Waals surface area contributed by atoms with Gasteiger partial charge in [-0.1, -0.05) is 0 Å². The Bertz CT molecular complexity index is 500. The highest BCUT2D eigenvalue weighted by Crippen LogP contribution is 2.43. The first-order chi connectivity index (χ1) is 9.83. The summed E-state index contributed by atoms with van der Waals surface area (Å²) in [5.41, 5.74) is 1.33. The van der Waals surface area contributed by atoms with Crippen LogP contribution in [0.3, 0.4) is 0 Å². The molecule has 3 heterocycles. The van der Waals surface area contributed by atoms with Crippen molar-refractivity contribution in [2.24, 2.45) is 11.8 Å². The maximum absolute atomic E-state index is 12.8. The predicted molar refractivity (Wildman–Crippen MR) is 88.5 cm³/mol. The summed E-state index contributed by atoms with van der Waals surface area (Å²) in [6.45, 7) is 4.20. The van der Waals surface area contributed by atoms with E-state index >= 15 is 0 Å². The molecule has 1 aliphatic carbocycles. The van der Waals surface area contributed by atoms with Crippen LogP contribution < -0.4 is 5.32 Å². The number of halogens is 1. The minimum atomic E-state index is 0. The number of nitrogens with one attached hydrogen (secondary N) is 1. The molecule has 21 heavy (non-hydrogen) atoms. The zero-order valence-corrected chi connectivity index (χ0v) is 13.8. The molecule has 4 rings (SSSR count). The van der Waals surface area contributed by atoms with Crippen LogP contribution in [0.4, 0.5) is 0 Å². The number of rotatable bonds is 2. The molecular weight excluding hydrogens is 304 g/mol. The second kappa shape index (κ2) is 6.27. The lowest BCUT2D eigenvalue weighted by Gasteiger charge is -2.21. The molecule has 2 aliphatic heterocycles. The van der Waals surface area contributed by atoms with Crippen molar-refractivity contribution >= 4 is 29.7 Å². The van der Waals surface area contributed by atoms with Crippen LogP contribution in [0.5, 0.6) is 0 Å². The molecule has 0 unspecified atom stereocenters. The first kappa shape index (κ1) is 15.3. The lowest BCUT2D eigenvalue weighted by Crippen LogP contribution is -2.32. The topological polar surface area (TPSA) is 32.3 Å². The third-order valence-corrected chi connectivity index (χ3v) is 6.13. The first-order valence-electron chi connectivity index (χ1n) is 7.90. The molecule has 1 amide bonds. The lowest BCUT2D eigenvalue weighted by atomic mass is 9.92. The molecule has 3 aliphatic rings. The Balaban J connectivity index is 0.00000132. The number of nitrogens with zero attached hydrogens (tertiary/aromatic N) is 1. The van der Waals surface area contributed by atoms with Gasteiger partial charge in [0.15, 0.2) is 0 Å². The van der Waals surface area contributed by atoms with Crippen molar-refractivity contribution in [2.75, 3.05) is 26.2 Å². The molecule has 1 saturated carbocycles. The van der Waals surface area contributed by atoms with Gasteiger partial charge >= 0.3 is 0 Å². The van der Waals surface area contributed by atoms with E-state index in [-0.39, 0.29) is 12.4 Å². The summed E-state index contributed by atoms with van der Waals surface area (Å²) in [5.74, 6) is 2.56. The van der Waals surface area contributed by atoms with Gasteiger partial charge < -0.3 is 10.2 Å². The number of hydrogen-bond acceptors (Lipinski definition) is 3. The van der Waals surface area contributed by atoms with Crippen molar-refractivity contribution in [3.05, 3.63) is 21.9 Å². The van der Waals surface area contributed by atoms with E-state index in [4.69, 9.17) is 0 Å². The highest BCUT2D eigenvalue weighted by Gasteiger charge is 2.34. The number of carbonyl (C=O) groups is 1. The minimum absolute atomic E-state index is 0. The molecule has 1 aromatic heterocycles. The van der Waals surface area contributed by atoms with Crippen molar-refractivity contribution in [2.45, 2.75) is 31.6 Å². The van der Waals surface area contributed by atoms with Gasteiger partial charge in [-0.2, -0.15) is 0 Å². The lowest BCUT2D eigenvalue weighted by molar-refractivity contribution is 0.0762. The van der Waals surface area contributed by atoms with Crippen LogP contribution in [0.25, 0.3) is 0 Å². The fourth-order valence-corrected chi connectivity index (χ4v) is 4.73. The second-order valence-corrected chi connectivity index (χ2v) is 7.44. The monoisotopic (exact) mass is 326 g/mol. The second-order valence-electron chi connectivity index (χ2n) is 6.53. The summed E-state index contributed by atoms with van der Waals surface area (Å²) in [5, 5.41) is 5.59. The summed E-state index contributed by atoms with van der Waals surface area (Å²) in [6.07, 6.45) is 4.89. The Labute approximate surface area is 136 Å². The molecule has 3 fully saturated rings. The molecule has 5 heteroatoms. The molecule has 0 radical (unpaired) electrons. The van der Waals surface area contributed by atoms with E-state index in [9.17, 15) is 4.79 Å². The fraction of sp³-hybridized carbons (Fsp3) is 0.688. The average molecular weight is 327 g/mol. The van der Waals surface area contributed by atoms with E-state index in [1.807, 2.05) is 0 Å². The van der Waals surface area contributed by atoms with Crippen LogP contribution in [0.2, 0.25) is 0 Å². The third kappa shape index (κ3) is 2.99. The number of amides is 1. The highest BCUT2D eigenvalue weighted by atomic mass is 35.5. The van der Waals surface area contributed by atoms with Crippen molar-refractivity contribution in [1.29, 1.82) is 0 Å². The molecule has 3 nitrogen and oxygen atoms in total. The summed E-state index contributed by atoms with van der Waals surface area (Å²) in [6, 6.07) is 2.17. The molecule has 0 bridgehead atoms. The van der Waals surface area contributed by atoms with Crippen LogP contribution >= 0.6 is 23.7 Å². The normalized spacial score (nSPS) is 28.7. The summed E-state index contributed by atoms with van der Waals surface area (Å²) >= 11 is 1.64. The van der Waals surface area contributed by atoms with E-state index in [0.29, 0.717) is 11.8 Å². The van der Waals surface area contributed by atoms with Crippen molar-refractivity contribution < 1.29 is 4.79 Å². The fourth-order valence-electron chi connectivity index (χ4n) is 3.77. The summed E-state index contributed by atoms with van der Waals surface area (Å²) < 4.78 is 0. The third-order valence-electron chi connectivity index (χ3n) is 5.21. The molecule has 1 N–H and O–H groups in total. The van der Waals surface area contributed by atoms with E-state index in [1.165, 1.54) is 31.2 Å². The van der Waals surface area contributed by atoms with E-state index < -0.39 is 0 Å². The van der Waals surface area contributed by atoms with Gasteiger partial charge in [0, 0.05) is 13.1 Å². The zero-order valence-electron chi connectivity index (χ0n) is 12.2. The molecule has 0 spiro atoms. The van der Waals surface area contributed by atoms with Crippen LogP contribution in [-0.4, -0.2) is 37.0 Å². The van der Waals surface area contributed by atoms with Gasteiger partial charge in [0.2, 0.25) is 0 Å². The van der Waals surface area contributed by atoms with Gasteiger partial charge in [-0.15, -0.1) is 23.7 Å². The Kier molecular flexibility index (Phi) is 4.57. The Morgan fingerprint density at radius 2 is 1.81 bits per heavy atom. The number of carbonyl (C=O) groups excluding carboxylic acids is 1. The molecular formula is C16H23ClN2OS. The van der Waals surface area contributed by atoms with Gasteiger partial charge in [0.1, 0.15) is 0 Å². The standard InChI is InChI=1S/C16H22N2OS.ClH/c19-16(15-14(5-8-20-15)11-1-2-11)18-6-3-12-9-17-10-13(12)4-7-18;/h5,8,11-13,17H,1-4,6-7,9-10H2;1H/t12-,13+;. The van der Waals surface area contributed by atoms with Crippen LogP contribution in [-0.2, 0) is 0 Å². The van der Waals surface area contributed by atoms with Crippen molar-refractivity contribution in [3.63, 3.8) is 0 Å². The smallest absolute Gasteiger partial charge is 0.264 e. The Morgan fingerprint density at radius 1 is 1.14 bits per heavy atom. The average Bonchev–Trinajstić information content (AvgIpc) is 3.08. The SMILES string of the molecule is Cl.O=C(c1sccc1C1CC1)N1CC[C@@H]2CNC[C@@H]2CC1. The van der Waals surface area contributed by atoms with Gasteiger partial charge in [0.25, 0.3) is 5.91 Å². The predicted octanol–water partition coefficient (Wildman–Crippen LogP) is 3.12. The van der Waals surface area contributed by atoms with Crippen LogP contribution in [0.15, 0.2) is 11.4 Å². The van der Waals surface area contributed by atoms with E-state index in [0.717, 1.165) is 42.9 Å². The molecule has 2 saturated heterocycles. The molecule has 2 atom stereocenters. The van der Waals surface area contributed by atoms with Gasteiger partial charge in [0.05, 0.1) is 4.88 Å². The summed E-state index contributed by atoms with van der Waals surface area (Å²) in [4.78, 5) is 16.0. The number of likely N-dealkylation sites (tertiary alicyclic amines) is 1. The van der Waals surface area contributed by atoms with E-state index in [2.05, 4.69) is 21.7 Å². The zero-order chi connectivity index (χ0) is 13.5. The number of hydrogen-bond donors (Lipinski definition) is 1. The largest absolute Gasteiger partial charge is 0.338 e. The quantitative estimate of drug-likeness (QED) is 0.905. The van der Waals surface area contributed by atoms with Crippen molar-refractivity contribution in [3.8, 4) is 0 Å². The van der Waals surface area contributed by atoms with Crippen molar-refractivity contribution in [1.82, 2.24) is 10.2 Å². The Hall–Kier alpha value is -0.580. The maximum atomic E-state index is 12.8. The molecule has 1 aromatic rings. The summed E-state index contributed by atoms with van der Waals surface area (Å²) in [7, 11) is 0. The molecule has 0 aromatic carbocycles. The van der Waals surface area contributed by atoms with Crippen LogP contribution in [0.1, 0.15) is 46.8 Å². The number of thiophene rings is 1. The van der Waals surface area contributed by atoms with Gasteiger partial charge in [-0.3, -0.25) is 4.79 Å². The minimum Gasteiger partial charge on any atom is -0.338 e. The maximum Gasteiger partial charge on any atom is 0.264 e. The first-order valence-corrected chi connectivity index (χ1v) is 8.78. The molecule has 116 valence electrons. The van der Waals surface area contributed by atoms with Gasteiger partial charge in [-0.25, -0.2) is 0 Å². The number of fused-ring (bicyclic) bond motifs is 1. The van der Waals surface area contributed by atoms with E-state index in [1.54, 1.807) is 11.3 Å². The Morgan fingerprint density at radius 3 is 2.43 bits per heavy atom. The highest BCUT2D eigenvalue weighted by molar-refractivity contribution is 7.12.